The fraction of sp³-hybridized carbons (Fsp3) is 1.00. The first-order chi connectivity index (χ1) is 7.12. The van der Waals surface area contributed by atoms with Crippen molar-refractivity contribution in [3.63, 3.8) is 0 Å². The van der Waals surface area contributed by atoms with E-state index in [1.165, 1.54) is 0 Å². The van der Waals surface area contributed by atoms with Gasteiger partial charge in [0, 0.05) is 27.4 Å². The molecule has 0 aliphatic rings. The molecule has 1 N–H and O–H groups in total. The number of methoxy groups -OCH3 is 2. The van der Waals surface area contributed by atoms with E-state index >= 15 is 0 Å². The lowest BCUT2D eigenvalue weighted by Gasteiger charge is -2.23. The number of hydrogen-bond acceptors (Lipinski definition) is 4. The second kappa shape index (κ2) is 9.09. The molecule has 0 radical (unpaired) electrons. The predicted molar refractivity (Wildman–Crippen MR) is 61.3 cm³/mol. The molecule has 15 heavy (non-hydrogen) atoms. The first-order valence-corrected chi connectivity index (χ1v) is 5.45. The maximum atomic E-state index is 5.34. The average Bonchev–Trinajstić information content (AvgIpc) is 2.22. The quantitative estimate of drug-likeness (QED) is 0.558. The van der Waals surface area contributed by atoms with E-state index in [2.05, 4.69) is 19.2 Å². The molecule has 0 fully saturated rings. The van der Waals surface area contributed by atoms with Crippen LogP contribution in [0, 0.1) is 0 Å². The Morgan fingerprint density at radius 3 is 2.40 bits per heavy atom. The van der Waals surface area contributed by atoms with Gasteiger partial charge in [-0.1, -0.05) is 0 Å². The van der Waals surface area contributed by atoms with Crippen LogP contribution in [-0.2, 0) is 14.2 Å². The van der Waals surface area contributed by atoms with Crippen LogP contribution in [0.15, 0.2) is 0 Å². The van der Waals surface area contributed by atoms with E-state index in [0.717, 1.165) is 26.1 Å². The standard InChI is InChI=1S/C11H25NO3/c1-11(2,14-4)10-12-6-5-7-15-9-8-13-3/h12H,5-10H2,1-4H3. The Morgan fingerprint density at radius 2 is 1.80 bits per heavy atom. The minimum absolute atomic E-state index is 0.0864. The van der Waals surface area contributed by atoms with Crippen molar-refractivity contribution in [3.05, 3.63) is 0 Å². The smallest absolute Gasteiger partial charge is 0.0746 e. The third-order valence-electron chi connectivity index (χ3n) is 2.18. The Hall–Kier alpha value is -0.160. The summed E-state index contributed by atoms with van der Waals surface area (Å²) in [5.74, 6) is 0. The molecule has 0 atom stereocenters. The molecule has 0 aromatic carbocycles. The fourth-order valence-electron chi connectivity index (χ4n) is 1.01. The van der Waals surface area contributed by atoms with Gasteiger partial charge in [0.2, 0.25) is 0 Å². The van der Waals surface area contributed by atoms with Gasteiger partial charge in [-0.25, -0.2) is 0 Å². The number of ether oxygens (including phenoxy) is 3. The van der Waals surface area contributed by atoms with Crippen LogP contribution in [0.2, 0.25) is 0 Å². The monoisotopic (exact) mass is 219 g/mol. The van der Waals surface area contributed by atoms with E-state index in [9.17, 15) is 0 Å². The number of hydrogen-bond donors (Lipinski definition) is 1. The molecule has 0 aliphatic heterocycles. The van der Waals surface area contributed by atoms with Crippen LogP contribution in [-0.4, -0.2) is 52.7 Å². The Balaban J connectivity index is 3.11. The minimum Gasteiger partial charge on any atom is -0.382 e. The van der Waals surface area contributed by atoms with Crippen LogP contribution in [0.25, 0.3) is 0 Å². The van der Waals surface area contributed by atoms with Gasteiger partial charge in [0.05, 0.1) is 18.8 Å². The molecule has 0 aromatic heterocycles. The second-order valence-electron chi connectivity index (χ2n) is 4.10. The fourth-order valence-corrected chi connectivity index (χ4v) is 1.01. The van der Waals surface area contributed by atoms with Crippen molar-refractivity contribution in [2.75, 3.05) is 47.1 Å². The minimum atomic E-state index is -0.0864. The van der Waals surface area contributed by atoms with Gasteiger partial charge in [0.15, 0.2) is 0 Å². The predicted octanol–water partition coefficient (Wildman–Crippen LogP) is 1.05. The summed E-state index contributed by atoms with van der Waals surface area (Å²) in [5, 5.41) is 3.33. The van der Waals surface area contributed by atoms with Crippen LogP contribution >= 0.6 is 0 Å². The lowest BCUT2D eigenvalue weighted by Crippen LogP contribution is -2.37. The highest BCUT2D eigenvalue weighted by atomic mass is 16.5. The van der Waals surface area contributed by atoms with E-state index in [-0.39, 0.29) is 5.60 Å². The molecule has 0 aromatic rings. The first-order valence-electron chi connectivity index (χ1n) is 5.45. The van der Waals surface area contributed by atoms with Crippen LogP contribution < -0.4 is 5.32 Å². The maximum Gasteiger partial charge on any atom is 0.0746 e. The number of nitrogens with one attached hydrogen (secondary N) is 1. The highest BCUT2D eigenvalue weighted by Crippen LogP contribution is 2.04. The SMILES string of the molecule is COCCOCCCNCC(C)(C)OC. The molecule has 4 heteroatoms. The zero-order valence-corrected chi connectivity index (χ0v) is 10.5. The Bertz CT molecular complexity index is 140. The summed E-state index contributed by atoms with van der Waals surface area (Å²) in [4.78, 5) is 0. The molecule has 0 rings (SSSR count). The van der Waals surface area contributed by atoms with Gasteiger partial charge < -0.3 is 19.5 Å². The summed E-state index contributed by atoms with van der Waals surface area (Å²) < 4.78 is 15.5. The molecule has 0 aliphatic carbocycles. The van der Waals surface area contributed by atoms with Crippen molar-refractivity contribution < 1.29 is 14.2 Å². The molecule has 4 nitrogen and oxygen atoms in total. The normalized spacial score (nSPS) is 12.0. The molecular weight excluding hydrogens is 194 g/mol. The average molecular weight is 219 g/mol. The van der Waals surface area contributed by atoms with Crippen molar-refractivity contribution in [2.45, 2.75) is 25.9 Å². The van der Waals surface area contributed by atoms with Gasteiger partial charge in [-0.3, -0.25) is 0 Å². The van der Waals surface area contributed by atoms with Crippen molar-refractivity contribution in [1.82, 2.24) is 5.32 Å². The molecular formula is C11H25NO3. The molecule has 0 heterocycles. The molecule has 0 bridgehead atoms. The molecule has 0 saturated carbocycles. The molecule has 0 unspecified atom stereocenters. The molecule has 0 spiro atoms. The second-order valence-corrected chi connectivity index (χ2v) is 4.10. The first kappa shape index (κ1) is 14.8. The topological polar surface area (TPSA) is 39.7 Å². The zero-order chi connectivity index (χ0) is 11.6. The van der Waals surface area contributed by atoms with E-state index in [0.29, 0.717) is 13.2 Å². The molecule has 92 valence electrons. The molecule has 0 amide bonds. The van der Waals surface area contributed by atoms with Gasteiger partial charge in [-0.2, -0.15) is 0 Å². The van der Waals surface area contributed by atoms with Gasteiger partial charge in [0.25, 0.3) is 0 Å². The third kappa shape index (κ3) is 10.1. The lowest BCUT2D eigenvalue weighted by atomic mass is 10.1. The third-order valence-corrected chi connectivity index (χ3v) is 2.18. The Kier molecular flexibility index (Phi) is 9.00. The summed E-state index contributed by atoms with van der Waals surface area (Å²) in [6.45, 7) is 8.08. The van der Waals surface area contributed by atoms with Gasteiger partial charge in [-0.05, 0) is 26.8 Å². The maximum absolute atomic E-state index is 5.34. The van der Waals surface area contributed by atoms with E-state index < -0.39 is 0 Å². The van der Waals surface area contributed by atoms with Gasteiger partial charge in [-0.15, -0.1) is 0 Å². The van der Waals surface area contributed by atoms with Crippen molar-refractivity contribution in [1.29, 1.82) is 0 Å². The zero-order valence-electron chi connectivity index (χ0n) is 10.5. The summed E-state index contributed by atoms with van der Waals surface area (Å²) in [6.07, 6.45) is 1.02. The Labute approximate surface area is 93.3 Å². The highest BCUT2D eigenvalue weighted by molar-refractivity contribution is 4.70. The van der Waals surface area contributed by atoms with E-state index in [1.807, 2.05) is 0 Å². The lowest BCUT2D eigenvalue weighted by molar-refractivity contribution is 0.0225. The van der Waals surface area contributed by atoms with Gasteiger partial charge >= 0.3 is 0 Å². The molecule has 0 saturated heterocycles. The summed E-state index contributed by atoms with van der Waals surface area (Å²) in [5.41, 5.74) is -0.0864. The van der Waals surface area contributed by atoms with Crippen LogP contribution in [0.4, 0.5) is 0 Å². The van der Waals surface area contributed by atoms with Crippen LogP contribution in [0.3, 0.4) is 0 Å². The Morgan fingerprint density at radius 1 is 1.07 bits per heavy atom. The van der Waals surface area contributed by atoms with Crippen LogP contribution in [0.1, 0.15) is 20.3 Å². The van der Waals surface area contributed by atoms with Gasteiger partial charge in [0.1, 0.15) is 0 Å². The summed E-state index contributed by atoms with van der Waals surface area (Å²) in [7, 11) is 3.41. The van der Waals surface area contributed by atoms with Crippen molar-refractivity contribution in [3.8, 4) is 0 Å². The van der Waals surface area contributed by atoms with Crippen molar-refractivity contribution >= 4 is 0 Å². The van der Waals surface area contributed by atoms with E-state index in [1.54, 1.807) is 14.2 Å². The summed E-state index contributed by atoms with van der Waals surface area (Å²) in [6, 6.07) is 0. The highest BCUT2D eigenvalue weighted by Gasteiger charge is 2.14. The number of rotatable bonds is 10. The van der Waals surface area contributed by atoms with E-state index in [4.69, 9.17) is 14.2 Å². The summed E-state index contributed by atoms with van der Waals surface area (Å²) >= 11 is 0. The van der Waals surface area contributed by atoms with Crippen LogP contribution in [0.5, 0.6) is 0 Å². The largest absolute Gasteiger partial charge is 0.382 e. The van der Waals surface area contributed by atoms with Crippen molar-refractivity contribution in [2.24, 2.45) is 0 Å².